The van der Waals surface area contributed by atoms with Crippen LogP contribution in [0.1, 0.15) is 71.1 Å². The number of allylic oxidation sites excluding steroid dienone is 2. The Morgan fingerprint density at radius 3 is 2.35 bits per heavy atom. The highest BCUT2D eigenvalue weighted by molar-refractivity contribution is 6.17. The van der Waals surface area contributed by atoms with Crippen molar-refractivity contribution in [3.8, 4) is 11.8 Å². The molecule has 0 spiro atoms. The minimum Gasteiger partial charge on any atom is -0.127 e. The minimum atomic E-state index is 0.815. The van der Waals surface area contributed by atoms with Crippen molar-refractivity contribution in [1.82, 2.24) is 0 Å². The SMILES string of the molecule is CCCCC=CC#CCCCCCCCCCl. The predicted octanol–water partition coefficient (Wildman–Crippen LogP) is 5.71. The number of unbranched alkanes of at least 4 members (excludes halogenated alkanes) is 8. The Morgan fingerprint density at radius 1 is 0.941 bits per heavy atom. The molecule has 17 heavy (non-hydrogen) atoms. The Kier molecular flexibility index (Phi) is 15.2. The summed E-state index contributed by atoms with van der Waals surface area (Å²) < 4.78 is 0. The Balaban J connectivity index is 3.16. The van der Waals surface area contributed by atoms with Gasteiger partial charge in [-0.15, -0.1) is 11.6 Å². The van der Waals surface area contributed by atoms with Crippen molar-refractivity contribution in [2.75, 3.05) is 5.88 Å². The zero-order valence-corrected chi connectivity index (χ0v) is 12.1. The number of halogens is 1. The second-order valence-corrected chi connectivity index (χ2v) is 4.80. The lowest BCUT2D eigenvalue weighted by atomic mass is 10.1. The minimum absolute atomic E-state index is 0.815. The molecule has 0 amide bonds. The lowest BCUT2D eigenvalue weighted by Crippen LogP contribution is -1.80. The summed E-state index contributed by atoms with van der Waals surface area (Å²) in [6, 6.07) is 0. The summed E-state index contributed by atoms with van der Waals surface area (Å²) >= 11 is 5.62. The molecule has 0 rings (SSSR count). The first-order valence-electron chi connectivity index (χ1n) is 7.11. The van der Waals surface area contributed by atoms with Gasteiger partial charge in [0.2, 0.25) is 0 Å². The maximum atomic E-state index is 5.62. The number of hydrogen-bond acceptors (Lipinski definition) is 0. The zero-order chi connectivity index (χ0) is 12.6. The summed E-state index contributed by atoms with van der Waals surface area (Å²) in [6.07, 6.45) is 16.6. The van der Waals surface area contributed by atoms with E-state index in [2.05, 4.69) is 24.8 Å². The van der Waals surface area contributed by atoms with E-state index in [1.807, 2.05) is 6.08 Å². The van der Waals surface area contributed by atoms with Crippen LogP contribution in [0.3, 0.4) is 0 Å². The van der Waals surface area contributed by atoms with Crippen LogP contribution < -0.4 is 0 Å². The van der Waals surface area contributed by atoms with Crippen molar-refractivity contribution < 1.29 is 0 Å². The number of alkyl halides is 1. The summed E-state index contributed by atoms with van der Waals surface area (Å²) in [4.78, 5) is 0. The first-order valence-corrected chi connectivity index (χ1v) is 7.64. The molecule has 0 unspecified atom stereocenters. The third kappa shape index (κ3) is 15.6. The zero-order valence-electron chi connectivity index (χ0n) is 11.3. The lowest BCUT2D eigenvalue weighted by Gasteiger charge is -1.97. The van der Waals surface area contributed by atoms with E-state index in [1.165, 1.54) is 57.8 Å². The van der Waals surface area contributed by atoms with Gasteiger partial charge in [0.1, 0.15) is 0 Å². The molecule has 0 aliphatic heterocycles. The van der Waals surface area contributed by atoms with Gasteiger partial charge in [-0.05, 0) is 25.3 Å². The second kappa shape index (κ2) is 15.6. The van der Waals surface area contributed by atoms with E-state index < -0.39 is 0 Å². The fourth-order valence-electron chi connectivity index (χ4n) is 1.61. The summed E-state index contributed by atoms with van der Waals surface area (Å²) in [5.41, 5.74) is 0. The van der Waals surface area contributed by atoms with Crippen molar-refractivity contribution in [2.45, 2.75) is 71.1 Å². The van der Waals surface area contributed by atoms with Crippen molar-refractivity contribution in [3.63, 3.8) is 0 Å². The van der Waals surface area contributed by atoms with Crippen LogP contribution in [0.25, 0.3) is 0 Å². The predicted molar refractivity (Wildman–Crippen MR) is 79.5 cm³/mol. The molecule has 0 heterocycles. The van der Waals surface area contributed by atoms with Crippen LogP contribution in [0, 0.1) is 11.8 Å². The molecular formula is C16H27Cl. The third-order valence-corrected chi connectivity index (χ3v) is 2.98. The lowest BCUT2D eigenvalue weighted by molar-refractivity contribution is 0.615. The normalized spacial score (nSPS) is 10.5. The highest BCUT2D eigenvalue weighted by Crippen LogP contribution is 2.07. The maximum absolute atomic E-state index is 5.62. The van der Waals surface area contributed by atoms with Crippen LogP contribution in [0.5, 0.6) is 0 Å². The van der Waals surface area contributed by atoms with Crippen LogP contribution in [-0.4, -0.2) is 5.88 Å². The third-order valence-electron chi connectivity index (χ3n) is 2.71. The quantitative estimate of drug-likeness (QED) is 0.266. The molecule has 0 aromatic rings. The molecule has 98 valence electrons. The van der Waals surface area contributed by atoms with Crippen molar-refractivity contribution >= 4 is 11.6 Å². The van der Waals surface area contributed by atoms with Crippen LogP contribution >= 0.6 is 11.6 Å². The summed E-state index contributed by atoms with van der Waals surface area (Å²) in [5, 5.41) is 0. The van der Waals surface area contributed by atoms with Crippen LogP contribution in [0.2, 0.25) is 0 Å². The van der Waals surface area contributed by atoms with Crippen LogP contribution in [-0.2, 0) is 0 Å². The van der Waals surface area contributed by atoms with Crippen molar-refractivity contribution in [3.05, 3.63) is 12.2 Å². The average Bonchev–Trinajstić information content (AvgIpc) is 2.35. The number of rotatable bonds is 10. The van der Waals surface area contributed by atoms with Gasteiger partial charge in [-0.1, -0.05) is 63.4 Å². The smallest absolute Gasteiger partial charge is 0.0223 e. The molecule has 0 saturated heterocycles. The molecule has 0 saturated carbocycles. The van der Waals surface area contributed by atoms with Gasteiger partial charge >= 0.3 is 0 Å². The molecule has 0 N–H and O–H groups in total. The monoisotopic (exact) mass is 254 g/mol. The molecule has 0 aromatic carbocycles. The van der Waals surface area contributed by atoms with Gasteiger partial charge in [0.05, 0.1) is 0 Å². The molecule has 0 aromatic heterocycles. The van der Waals surface area contributed by atoms with Gasteiger partial charge < -0.3 is 0 Å². The number of hydrogen-bond donors (Lipinski definition) is 0. The van der Waals surface area contributed by atoms with Gasteiger partial charge in [0.25, 0.3) is 0 Å². The van der Waals surface area contributed by atoms with Gasteiger partial charge in [-0.25, -0.2) is 0 Å². The van der Waals surface area contributed by atoms with Crippen molar-refractivity contribution in [1.29, 1.82) is 0 Å². The first kappa shape index (κ1) is 16.6. The largest absolute Gasteiger partial charge is 0.127 e. The van der Waals surface area contributed by atoms with E-state index in [9.17, 15) is 0 Å². The van der Waals surface area contributed by atoms with Crippen LogP contribution in [0.15, 0.2) is 12.2 Å². The topological polar surface area (TPSA) is 0 Å². The van der Waals surface area contributed by atoms with Gasteiger partial charge in [0.15, 0.2) is 0 Å². The fraction of sp³-hybridized carbons (Fsp3) is 0.750. The van der Waals surface area contributed by atoms with Gasteiger partial charge in [-0.3, -0.25) is 0 Å². The van der Waals surface area contributed by atoms with Gasteiger partial charge in [0, 0.05) is 12.3 Å². The molecule has 0 bridgehead atoms. The first-order chi connectivity index (χ1) is 8.41. The Bertz CT molecular complexity index is 219. The Hall–Kier alpha value is -0.410. The molecule has 1 heteroatoms. The Morgan fingerprint density at radius 2 is 1.65 bits per heavy atom. The summed E-state index contributed by atoms with van der Waals surface area (Å²) in [7, 11) is 0. The fourth-order valence-corrected chi connectivity index (χ4v) is 1.80. The highest BCUT2D eigenvalue weighted by atomic mass is 35.5. The van der Waals surface area contributed by atoms with Crippen LogP contribution in [0.4, 0.5) is 0 Å². The molecule has 0 aliphatic carbocycles. The molecule has 0 nitrogen and oxygen atoms in total. The van der Waals surface area contributed by atoms with Gasteiger partial charge in [-0.2, -0.15) is 0 Å². The standard InChI is InChI=1S/C16H27Cl/c1-2-3-4-5-6-7-8-9-10-11-12-13-14-15-16-17/h5-6H,2-4,9-16H2,1H3. The summed E-state index contributed by atoms with van der Waals surface area (Å²) in [6.45, 7) is 2.21. The highest BCUT2D eigenvalue weighted by Gasteiger charge is 1.89. The molecule has 0 radical (unpaired) electrons. The van der Waals surface area contributed by atoms with E-state index >= 15 is 0 Å². The van der Waals surface area contributed by atoms with E-state index in [1.54, 1.807) is 0 Å². The van der Waals surface area contributed by atoms with E-state index in [-0.39, 0.29) is 0 Å². The molecule has 0 atom stereocenters. The molecule has 0 fully saturated rings. The van der Waals surface area contributed by atoms with E-state index in [4.69, 9.17) is 11.6 Å². The van der Waals surface area contributed by atoms with E-state index in [0.29, 0.717) is 0 Å². The van der Waals surface area contributed by atoms with E-state index in [0.717, 1.165) is 12.3 Å². The summed E-state index contributed by atoms with van der Waals surface area (Å²) in [5.74, 6) is 7.13. The second-order valence-electron chi connectivity index (χ2n) is 4.43. The van der Waals surface area contributed by atoms with Crippen molar-refractivity contribution in [2.24, 2.45) is 0 Å². The molecular weight excluding hydrogens is 228 g/mol. The molecule has 0 aliphatic rings. The maximum Gasteiger partial charge on any atom is 0.0223 e. The Labute approximate surface area is 113 Å². The average molecular weight is 255 g/mol.